The van der Waals surface area contributed by atoms with E-state index in [9.17, 15) is 19.7 Å². The molecule has 0 bridgehead atoms. The Morgan fingerprint density at radius 2 is 1.65 bits per heavy atom. The van der Waals surface area contributed by atoms with Crippen LogP contribution in [-0.2, 0) is 14.4 Å². The van der Waals surface area contributed by atoms with E-state index in [1.54, 1.807) is 31.2 Å². The number of nitro groups is 1. The Morgan fingerprint density at radius 3 is 2.29 bits per heavy atom. The number of methoxy groups -OCH3 is 1. The van der Waals surface area contributed by atoms with Crippen LogP contribution in [0.25, 0.3) is 0 Å². The van der Waals surface area contributed by atoms with Gasteiger partial charge >= 0.3 is 0 Å². The van der Waals surface area contributed by atoms with Crippen molar-refractivity contribution in [3.8, 4) is 5.75 Å². The maximum atomic E-state index is 13.9. The molecular weight excluding hydrogens is 438 g/mol. The lowest BCUT2D eigenvalue weighted by Crippen LogP contribution is -2.41. The van der Waals surface area contributed by atoms with Gasteiger partial charge in [0.25, 0.3) is 11.6 Å². The van der Waals surface area contributed by atoms with Crippen LogP contribution in [0.2, 0.25) is 0 Å². The Hall–Kier alpha value is -4.24. The molecule has 34 heavy (non-hydrogen) atoms. The van der Waals surface area contributed by atoms with Crippen LogP contribution >= 0.6 is 0 Å². The van der Waals surface area contributed by atoms with E-state index >= 15 is 0 Å². The molecule has 9 nitrogen and oxygen atoms in total. The first-order chi connectivity index (χ1) is 16.4. The van der Waals surface area contributed by atoms with E-state index in [4.69, 9.17) is 9.57 Å². The number of nitrogens with zero attached hydrogens (tertiary/aromatic N) is 3. The molecule has 2 aliphatic heterocycles. The number of anilines is 2. The highest BCUT2D eigenvalue weighted by atomic mass is 16.7. The van der Waals surface area contributed by atoms with Crippen molar-refractivity contribution in [3.63, 3.8) is 0 Å². The number of non-ortho nitro benzene ring substituents is 1. The highest BCUT2D eigenvalue weighted by molar-refractivity contribution is 6.25. The minimum Gasteiger partial charge on any atom is -0.497 e. The molecule has 2 saturated heterocycles. The molecule has 0 aliphatic carbocycles. The second-order valence-electron chi connectivity index (χ2n) is 8.36. The fourth-order valence-corrected chi connectivity index (χ4v) is 4.70. The molecule has 5 rings (SSSR count). The largest absolute Gasteiger partial charge is 0.497 e. The predicted molar refractivity (Wildman–Crippen MR) is 123 cm³/mol. The molecule has 172 valence electrons. The number of para-hydroxylation sites is 1. The zero-order chi connectivity index (χ0) is 24.0. The summed E-state index contributed by atoms with van der Waals surface area (Å²) in [6, 6.07) is 21.3. The highest BCUT2D eigenvalue weighted by Crippen LogP contribution is 2.55. The SMILES string of the molecule is COc1ccc([C@@H]2N(c3ccccc3)O[C@@H]3C(=O)N(c4cccc([N+](=O)[O-])c4)C(=O)[C@@]32C)cc1. The number of carbonyl (C=O) groups excluding carboxylic acids is 2. The first-order valence-electron chi connectivity index (χ1n) is 10.6. The summed E-state index contributed by atoms with van der Waals surface area (Å²) in [5.41, 5.74) is 0.103. The second kappa shape index (κ2) is 7.96. The van der Waals surface area contributed by atoms with Crippen molar-refractivity contribution in [1.29, 1.82) is 0 Å². The molecule has 0 saturated carbocycles. The van der Waals surface area contributed by atoms with Gasteiger partial charge in [-0.2, -0.15) is 0 Å². The summed E-state index contributed by atoms with van der Waals surface area (Å²) < 4.78 is 5.27. The van der Waals surface area contributed by atoms with Crippen molar-refractivity contribution in [1.82, 2.24) is 0 Å². The van der Waals surface area contributed by atoms with E-state index in [2.05, 4.69) is 0 Å². The Bertz CT molecular complexity index is 1280. The van der Waals surface area contributed by atoms with Crippen molar-refractivity contribution in [3.05, 3.63) is 94.5 Å². The number of benzene rings is 3. The van der Waals surface area contributed by atoms with Gasteiger partial charge in [-0.05, 0) is 42.8 Å². The van der Waals surface area contributed by atoms with Crippen LogP contribution in [0.15, 0.2) is 78.9 Å². The molecule has 0 N–H and O–H groups in total. The Labute approximate surface area is 195 Å². The van der Waals surface area contributed by atoms with Gasteiger partial charge in [0.2, 0.25) is 5.91 Å². The number of carbonyl (C=O) groups is 2. The lowest BCUT2D eigenvalue weighted by molar-refractivity contribution is -0.384. The quantitative estimate of drug-likeness (QED) is 0.322. The van der Waals surface area contributed by atoms with Gasteiger partial charge in [0.1, 0.15) is 11.2 Å². The molecule has 3 atom stereocenters. The second-order valence-corrected chi connectivity index (χ2v) is 8.36. The minimum atomic E-state index is -1.29. The third-order valence-electron chi connectivity index (χ3n) is 6.42. The van der Waals surface area contributed by atoms with Gasteiger partial charge in [0.05, 0.1) is 29.4 Å². The van der Waals surface area contributed by atoms with E-state index in [1.165, 1.54) is 24.3 Å². The van der Waals surface area contributed by atoms with Crippen LogP contribution < -0.4 is 14.7 Å². The van der Waals surface area contributed by atoms with E-state index in [-0.39, 0.29) is 11.4 Å². The summed E-state index contributed by atoms with van der Waals surface area (Å²) in [7, 11) is 1.57. The Balaban J connectivity index is 1.62. The Morgan fingerprint density at radius 1 is 0.971 bits per heavy atom. The molecule has 3 aromatic carbocycles. The highest BCUT2D eigenvalue weighted by Gasteiger charge is 2.68. The molecule has 3 aromatic rings. The average Bonchev–Trinajstić information content (AvgIpc) is 3.27. The predicted octanol–water partition coefficient (Wildman–Crippen LogP) is 4.04. The summed E-state index contributed by atoms with van der Waals surface area (Å²) in [5, 5.41) is 12.9. The first kappa shape index (κ1) is 21.6. The topological polar surface area (TPSA) is 102 Å². The number of hydrogen-bond acceptors (Lipinski definition) is 7. The van der Waals surface area contributed by atoms with Crippen molar-refractivity contribution < 1.29 is 24.1 Å². The van der Waals surface area contributed by atoms with E-state index in [0.29, 0.717) is 11.4 Å². The van der Waals surface area contributed by atoms with Crippen LogP contribution in [0, 0.1) is 15.5 Å². The molecule has 9 heteroatoms. The third kappa shape index (κ3) is 3.12. The van der Waals surface area contributed by atoms with Gasteiger partial charge < -0.3 is 4.74 Å². The molecule has 0 unspecified atom stereocenters. The maximum absolute atomic E-state index is 13.9. The fraction of sp³-hybridized carbons (Fsp3) is 0.200. The molecule has 2 amide bonds. The molecular formula is C25H21N3O6. The average molecular weight is 459 g/mol. The maximum Gasteiger partial charge on any atom is 0.271 e. The summed E-state index contributed by atoms with van der Waals surface area (Å²) in [5.74, 6) is -0.394. The van der Waals surface area contributed by atoms with E-state index in [0.717, 1.165) is 10.5 Å². The fourth-order valence-electron chi connectivity index (χ4n) is 4.70. The summed E-state index contributed by atoms with van der Waals surface area (Å²) in [6.07, 6.45) is -1.11. The number of hydroxylamine groups is 1. The molecule has 0 radical (unpaired) electrons. The zero-order valence-corrected chi connectivity index (χ0v) is 18.5. The smallest absolute Gasteiger partial charge is 0.271 e. The van der Waals surface area contributed by atoms with E-state index in [1.807, 2.05) is 42.5 Å². The number of imide groups is 1. The third-order valence-corrected chi connectivity index (χ3v) is 6.42. The van der Waals surface area contributed by atoms with Crippen molar-refractivity contribution in [2.45, 2.75) is 19.1 Å². The number of amides is 2. The monoisotopic (exact) mass is 459 g/mol. The van der Waals surface area contributed by atoms with Crippen molar-refractivity contribution >= 4 is 28.9 Å². The number of nitro benzene ring substituents is 1. The molecule has 2 aliphatic rings. The van der Waals surface area contributed by atoms with Crippen LogP contribution in [0.4, 0.5) is 17.1 Å². The lowest BCUT2D eigenvalue weighted by Gasteiger charge is -2.32. The number of fused-ring (bicyclic) bond motifs is 1. The number of hydrogen-bond donors (Lipinski definition) is 0. The summed E-state index contributed by atoms with van der Waals surface area (Å²) in [4.78, 5) is 45.2. The first-order valence-corrected chi connectivity index (χ1v) is 10.6. The molecule has 0 spiro atoms. The summed E-state index contributed by atoms with van der Waals surface area (Å²) >= 11 is 0. The summed E-state index contributed by atoms with van der Waals surface area (Å²) in [6.45, 7) is 1.70. The van der Waals surface area contributed by atoms with Crippen LogP contribution in [0.1, 0.15) is 18.5 Å². The Kier molecular flexibility index (Phi) is 5.06. The number of ether oxygens (including phenoxy) is 1. The van der Waals surface area contributed by atoms with Gasteiger partial charge in [-0.15, -0.1) is 0 Å². The zero-order valence-electron chi connectivity index (χ0n) is 18.5. The number of rotatable bonds is 5. The standard InChI is InChI=1S/C25H21N3O6/c1-25-21(16-11-13-20(33-2)14-12-16)27(17-7-4-3-5-8-17)34-22(25)23(29)26(24(25)30)18-9-6-10-19(15-18)28(31)32/h3-15,21-22H,1-2H3/t21-,22+,25+/m0/s1. The van der Waals surface area contributed by atoms with Crippen LogP contribution in [-0.4, -0.2) is 30.0 Å². The minimum absolute atomic E-state index is 0.142. The molecule has 2 heterocycles. The molecule has 2 fully saturated rings. The van der Waals surface area contributed by atoms with Gasteiger partial charge in [0, 0.05) is 12.1 Å². The van der Waals surface area contributed by atoms with Gasteiger partial charge in [-0.3, -0.25) is 24.5 Å². The van der Waals surface area contributed by atoms with Gasteiger partial charge in [-0.1, -0.05) is 36.4 Å². The van der Waals surface area contributed by atoms with Crippen molar-refractivity contribution in [2.24, 2.45) is 5.41 Å². The van der Waals surface area contributed by atoms with Crippen LogP contribution in [0.3, 0.4) is 0 Å². The molecule has 0 aromatic heterocycles. The lowest BCUT2D eigenvalue weighted by atomic mass is 9.76. The van der Waals surface area contributed by atoms with Gasteiger partial charge in [0.15, 0.2) is 6.10 Å². The van der Waals surface area contributed by atoms with Gasteiger partial charge in [-0.25, -0.2) is 9.96 Å². The van der Waals surface area contributed by atoms with Crippen molar-refractivity contribution in [2.75, 3.05) is 17.1 Å². The normalized spacial score (nSPS) is 23.8. The van der Waals surface area contributed by atoms with E-state index < -0.39 is 34.3 Å². The van der Waals surface area contributed by atoms with Crippen LogP contribution in [0.5, 0.6) is 5.75 Å².